The first-order chi connectivity index (χ1) is 29.1. The Morgan fingerprint density at radius 2 is 1.26 bits per heavy atom. The van der Waals surface area contributed by atoms with Crippen LogP contribution in [0, 0.1) is 5.92 Å². The number of nitrogens with zero attached hydrogens (tertiary/aromatic N) is 1. The van der Waals surface area contributed by atoms with Crippen molar-refractivity contribution in [3.8, 4) is 0 Å². The van der Waals surface area contributed by atoms with Gasteiger partial charge in [-0.25, -0.2) is 4.79 Å². The van der Waals surface area contributed by atoms with Crippen LogP contribution in [0.25, 0.3) is 10.9 Å². The summed E-state index contributed by atoms with van der Waals surface area (Å²) in [5, 5.41) is 52.1. The van der Waals surface area contributed by atoms with E-state index in [1.165, 1.54) is 6.92 Å². The number of nitrogens with one attached hydrogen (secondary N) is 7. The number of benzene rings is 1. The third-order valence-electron chi connectivity index (χ3n) is 9.22. The zero-order chi connectivity index (χ0) is 46.7. The van der Waals surface area contributed by atoms with Crippen molar-refractivity contribution in [1.82, 2.24) is 36.9 Å². The number of carbonyl (C=O) groups excluding carboxylic acids is 6. The number of aromatic nitrogens is 1. The van der Waals surface area contributed by atoms with E-state index in [9.17, 15) is 58.5 Å². The molecular weight excluding hydrogens is 818 g/mol. The van der Waals surface area contributed by atoms with Crippen molar-refractivity contribution in [2.75, 3.05) is 13.2 Å². The number of aliphatic imine (C=N–C) groups is 1. The Balaban J connectivity index is 2.45. The number of rotatable bonds is 27. The predicted molar refractivity (Wildman–Crippen MR) is 220 cm³/mol. The van der Waals surface area contributed by atoms with Crippen LogP contribution in [0.15, 0.2) is 35.5 Å². The molecule has 2 aromatic rings. The number of para-hydroxylation sites is 1. The molecule has 0 saturated heterocycles. The summed E-state index contributed by atoms with van der Waals surface area (Å²) in [5.41, 5.74) is 17.9. The van der Waals surface area contributed by atoms with Crippen LogP contribution in [0.3, 0.4) is 0 Å². The lowest BCUT2D eigenvalue weighted by Crippen LogP contribution is -2.60. The minimum absolute atomic E-state index is 0.00217. The molecule has 1 aromatic carbocycles. The highest BCUT2D eigenvalue weighted by Crippen LogP contribution is 2.19. The maximum absolute atomic E-state index is 14.1. The summed E-state index contributed by atoms with van der Waals surface area (Å²) >= 11 is 0. The number of carbonyl (C=O) groups is 9. The number of H-pyrrole nitrogens is 1. The van der Waals surface area contributed by atoms with Gasteiger partial charge in [0.15, 0.2) is 5.96 Å². The van der Waals surface area contributed by atoms with Crippen molar-refractivity contribution in [3.63, 3.8) is 0 Å². The minimum atomic E-state index is -1.82. The molecular formula is C38H57N11O13. The molecule has 0 aliphatic heterocycles. The van der Waals surface area contributed by atoms with Gasteiger partial charge in [-0.3, -0.25) is 43.3 Å². The Bertz CT molecular complexity index is 1950. The molecule has 0 bridgehead atoms. The summed E-state index contributed by atoms with van der Waals surface area (Å²) in [7, 11) is 0. The van der Waals surface area contributed by atoms with Crippen LogP contribution in [0.1, 0.15) is 64.9 Å². The molecule has 6 amide bonds. The number of hydrogen-bond donors (Lipinski definition) is 14. The summed E-state index contributed by atoms with van der Waals surface area (Å²) in [5.74, 6) is -10.6. The van der Waals surface area contributed by atoms with Gasteiger partial charge in [-0.1, -0.05) is 32.0 Å². The summed E-state index contributed by atoms with van der Waals surface area (Å²) in [4.78, 5) is 122. The van der Waals surface area contributed by atoms with E-state index < -0.39 is 115 Å². The maximum Gasteiger partial charge on any atom is 0.328 e. The van der Waals surface area contributed by atoms with Crippen LogP contribution < -0.4 is 49.1 Å². The van der Waals surface area contributed by atoms with Crippen LogP contribution in [-0.2, 0) is 49.6 Å². The van der Waals surface area contributed by atoms with Crippen molar-refractivity contribution < 1.29 is 63.6 Å². The number of guanidine groups is 1. The van der Waals surface area contributed by atoms with Crippen molar-refractivity contribution in [2.45, 2.75) is 108 Å². The average Bonchev–Trinajstić information content (AvgIpc) is 3.60. The maximum atomic E-state index is 14.1. The number of carboxylic acids is 3. The Kier molecular flexibility index (Phi) is 20.8. The number of hydrogen-bond acceptors (Lipinski definition) is 12. The molecule has 0 spiro atoms. The van der Waals surface area contributed by atoms with Gasteiger partial charge < -0.3 is 74.5 Å². The molecule has 24 heteroatoms. The largest absolute Gasteiger partial charge is 0.481 e. The van der Waals surface area contributed by atoms with Crippen molar-refractivity contribution in [1.29, 1.82) is 0 Å². The monoisotopic (exact) mass is 875 g/mol. The van der Waals surface area contributed by atoms with Crippen LogP contribution in [-0.4, -0.2) is 140 Å². The molecule has 1 heterocycles. The zero-order valence-corrected chi connectivity index (χ0v) is 34.5. The molecule has 0 radical (unpaired) electrons. The third kappa shape index (κ3) is 17.4. The summed E-state index contributed by atoms with van der Waals surface area (Å²) in [6.07, 6.45) is -0.374. The van der Waals surface area contributed by atoms with Crippen molar-refractivity contribution in [2.24, 2.45) is 28.1 Å². The fourth-order valence-electron chi connectivity index (χ4n) is 5.96. The number of nitrogens with two attached hydrogens (primary N) is 3. The molecule has 62 heavy (non-hydrogen) atoms. The number of aromatic amines is 1. The van der Waals surface area contributed by atoms with Gasteiger partial charge >= 0.3 is 17.9 Å². The van der Waals surface area contributed by atoms with E-state index in [0.29, 0.717) is 16.5 Å². The lowest BCUT2D eigenvalue weighted by molar-refractivity contribution is -0.143. The Morgan fingerprint density at radius 1 is 0.694 bits per heavy atom. The van der Waals surface area contributed by atoms with E-state index in [4.69, 9.17) is 22.3 Å². The van der Waals surface area contributed by atoms with Gasteiger partial charge in [-0.2, -0.15) is 0 Å². The fourth-order valence-corrected chi connectivity index (χ4v) is 5.96. The first-order valence-corrected chi connectivity index (χ1v) is 19.6. The second-order valence-electron chi connectivity index (χ2n) is 14.8. The molecule has 24 nitrogen and oxygen atoms in total. The second-order valence-corrected chi connectivity index (χ2v) is 14.8. The number of fused-ring (bicyclic) bond motifs is 1. The molecule has 17 N–H and O–H groups in total. The van der Waals surface area contributed by atoms with Crippen LogP contribution in [0.4, 0.5) is 0 Å². The Labute approximate surface area is 355 Å². The van der Waals surface area contributed by atoms with Gasteiger partial charge in [0.25, 0.3) is 0 Å². The first kappa shape index (κ1) is 51.3. The highest BCUT2D eigenvalue weighted by Gasteiger charge is 2.34. The van der Waals surface area contributed by atoms with Crippen molar-refractivity contribution in [3.05, 3.63) is 36.0 Å². The standard InChI is InChI=1S/C38H57N11O13/c1-18(2)13-25(46-32(56)22(39)10-11-29(51)52)35(59)48-27(15-30(53)54)36(60)45-24(9-6-12-42-38(40)41)33(57)47-26(14-20-16-43-23-8-5-4-7-21(20)23)34(58)44-19(3)31(55)49-28(17-50)37(61)62/h4-5,7-8,16,18-19,22,24-28,43,50H,6,9-15,17,39H2,1-3H3,(H,44,58)(H,45,60)(H,46,56)(H,47,57)(H,48,59)(H,49,55)(H,51,52)(H,53,54)(H,61,62)(H4,40,41,42)/t19-,22-,24-,25-,26-,27-,28-/m0/s1. The second kappa shape index (κ2) is 25.1. The van der Waals surface area contributed by atoms with Gasteiger partial charge in [0.1, 0.15) is 36.3 Å². The first-order valence-electron chi connectivity index (χ1n) is 19.6. The molecule has 0 fully saturated rings. The predicted octanol–water partition coefficient (Wildman–Crippen LogP) is -3.52. The molecule has 0 aliphatic carbocycles. The van der Waals surface area contributed by atoms with Crippen molar-refractivity contribution >= 4 is 70.2 Å². The zero-order valence-electron chi connectivity index (χ0n) is 34.5. The summed E-state index contributed by atoms with van der Waals surface area (Å²) < 4.78 is 0. The van der Waals surface area contributed by atoms with E-state index in [1.54, 1.807) is 44.3 Å². The fraction of sp³-hybridized carbons (Fsp3) is 0.526. The van der Waals surface area contributed by atoms with E-state index in [0.717, 1.165) is 0 Å². The van der Waals surface area contributed by atoms with E-state index in [2.05, 4.69) is 41.9 Å². The molecule has 0 aliphatic rings. The number of aliphatic hydroxyl groups excluding tert-OH is 1. The quantitative estimate of drug-likeness (QED) is 0.0235. The molecule has 1 aromatic heterocycles. The van der Waals surface area contributed by atoms with E-state index in [1.807, 2.05) is 0 Å². The highest BCUT2D eigenvalue weighted by atomic mass is 16.4. The van der Waals surface area contributed by atoms with E-state index in [-0.39, 0.29) is 50.5 Å². The molecule has 2 rings (SSSR count). The topological polar surface area (TPSA) is 413 Å². The normalized spacial score (nSPS) is 14.4. The number of amides is 6. The number of carboxylic acid groups (broad SMARTS) is 3. The molecule has 342 valence electrons. The molecule has 7 atom stereocenters. The van der Waals surface area contributed by atoms with Gasteiger partial charge in [0.05, 0.1) is 19.1 Å². The molecule has 0 saturated carbocycles. The summed E-state index contributed by atoms with van der Waals surface area (Å²) in [6, 6.07) is -3.47. The van der Waals surface area contributed by atoms with Gasteiger partial charge in [0.2, 0.25) is 35.4 Å². The van der Waals surface area contributed by atoms with E-state index >= 15 is 0 Å². The third-order valence-corrected chi connectivity index (χ3v) is 9.22. The van der Waals surface area contributed by atoms with Gasteiger partial charge in [-0.05, 0) is 50.2 Å². The Morgan fingerprint density at radius 3 is 1.85 bits per heavy atom. The van der Waals surface area contributed by atoms with Crippen LogP contribution in [0.2, 0.25) is 0 Å². The summed E-state index contributed by atoms with van der Waals surface area (Å²) in [6.45, 7) is 3.71. The number of aliphatic hydroxyl groups is 1. The molecule has 0 unspecified atom stereocenters. The number of aliphatic carboxylic acids is 3. The van der Waals surface area contributed by atoms with Crippen LogP contribution in [0.5, 0.6) is 0 Å². The Hall–Kier alpha value is -6.82. The minimum Gasteiger partial charge on any atom is -0.481 e. The average molecular weight is 876 g/mol. The lowest BCUT2D eigenvalue weighted by Gasteiger charge is -2.27. The SMILES string of the molecule is CC(C)C[C@H](NC(=O)[C@@H](N)CCC(=O)O)C(=O)N[C@@H](CC(=O)O)C(=O)N[C@@H](CCCN=C(N)N)C(=O)N[C@@H](Cc1c[nH]c2ccccc12)C(=O)N[C@@H](C)C(=O)N[C@@H](CO)C(=O)O. The highest BCUT2D eigenvalue weighted by molar-refractivity contribution is 5.98. The smallest absolute Gasteiger partial charge is 0.328 e. The lowest BCUT2D eigenvalue weighted by atomic mass is 10.0. The van der Waals surface area contributed by atoms with Crippen LogP contribution >= 0.6 is 0 Å². The van der Waals surface area contributed by atoms with Gasteiger partial charge in [0, 0.05) is 36.5 Å². The van der Waals surface area contributed by atoms with Gasteiger partial charge in [-0.15, -0.1) is 0 Å².